The Morgan fingerprint density at radius 1 is 0.750 bits per heavy atom. The van der Waals surface area contributed by atoms with Crippen LogP contribution in [0.15, 0.2) is 0 Å². The Labute approximate surface area is 125 Å². The lowest BCUT2D eigenvalue weighted by molar-refractivity contribution is 0.519. The molecule has 0 amide bonds. The van der Waals surface area contributed by atoms with E-state index in [2.05, 4.69) is 25.5 Å². The summed E-state index contributed by atoms with van der Waals surface area (Å²) in [4.78, 5) is 4.78. The van der Waals surface area contributed by atoms with Gasteiger partial charge in [-0.05, 0) is 19.3 Å². The van der Waals surface area contributed by atoms with E-state index >= 15 is 0 Å². The Kier molecular flexibility index (Phi) is 9.35. The Balaban J connectivity index is 2.55. The molecule has 116 valence electrons. The van der Waals surface area contributed by atoms with Crippen molar-refractivity contribution >= 4 is 0 Å². The first kappa shape index (κ1) is 17.2. The van der Waals surface area contributed by atoms with E-state index in [0.29, 0.717) is 0 Å². The van der Waals surface area contributed by atoms with Gasteiger partial charge in [0.05, 0.1) is 0 Å². The standard InChI is InChI=1S/C17H33N3/c1-4-7-10-13-16-18-17(14-11-8-5-2)20(19-16)15-12-9-6-3/h4-15H2,1-3H3. The number of nitrogens with zero attached hydrogens (tertiary/aromatic N) is 3. The normalized spacial score (nSPS) is 11.2. The Bertz CT molecular complexity index is 317. The quantitative estimate of drug-likeness (QED) is 0.508. The van der Waals surface area contributed by atoms with Gasteiger partial charge in [-0.25, -0.2) is 9.67 Å². The highest BCUT2D eigenvalue weighted by molar-refractivity contribution is 4.94. The maximum Gasteiger partial charge on any atom is 0.150 e. The first-order chi connectivity index (χ1) is 9.81. The Hall–Kier alpha value is -0.860. The van der Waals surface area contributed by atoms with Gasteiger partial charge in [0.25, 0.3) is 0 Å². The maximum atomic E-state index is 4.78. The van der Waals surface area contributed by atoms with Crippen LogP contribution in [0.1, 0.15) is 90.2 Å². The van der Waals surface area contributed by atoms with Crippen LogP contribution in [0.25, 0.3) is 0 Å². The predicted molar refractivity (Wildman–Crippen MR) is 86.0 cm³/mol. The van der Waals surface area contributed by atoms with Crippen LogP contribution in [0, 0.1) is 0 Å². The van der Waals surface area contributed by atoms with Gasteiger partial charge >= 0.3 is 0 Å². The second-order valence-corrected chi connectivity index (χ2v) is 5.79. The highest BCUT2D eigenvalue weighted by atomic mass is 15.3. The number of hydrogen-bond acceptors (Lipinski definition) is 2. The maximum absolute atomic E-state index is 4.78. The largest absolute Gasteiger partial charge is 0.250 e. The van der Waals surface area contributed by atoms with E-state index in [1.807, 2.05) is 0 Å². The van der Waals surface area contributed by atoms with Crippen LogP contribution in [-0.4, -0.2) is 14.8 Å². The number of aromatic nitrogens is 3. The molecule has 0 N–H and O–H groups in total. The van der Waals surface area contributed by atoms with Crippen LogP contribution in [0.3, 0.4) is 0 Å². The molecule has 3 nitrogen and oxygen atoms in total. The van der Waals surface area contributed by atoms with Crippen molar-refractivity contribution in [3.63, 3.8) is 0 Å². The average molecular weight is 279 g/mol. The molecule has 0 saturated carbocycles. The molecule has 3 heteroatoms. The molecule has 0 atom stereocenters. The van der Waals surface area contributed by atoms with Crippen molar-refractivity contribution in [2.24, 2.45) is 0 Å². The van der Waals surface area contributed by atoms with Crippen molar-refractivity contribution < 1.29 is 0 Å². The van der Waals surface area contributed by atoms with E-state index in [1.54, 1.807) is 0 Å². The molecule has 0 aromatic carbocycles. The molecule has 0 aliphatic carbocycles. The minimum Gasteiger partial charge on any atom is -0.250 e. The number of hydrogen-bond donors (Lipinski definition) is 0. The topological polar surface area (TPSA) is 30.7 Å². The highest BCUT2D eigenvalue weighted by Crippen LogP contribution is 2.10. The second-order valence-electron chi connectivity index (χ2n) is 5.79. The van der Waals surface area contributed by atoms with Crippen molar-refractivity contribution in [2.45, 2.75) is 97.9 Å². The summed E-state index contributed by atoms with van der Waals surface area (Å²) >= 11 is 0. The van der Waals surface area contributed by atoms with Crippen molar-refractivity contribution in [1.29, 1.82) is 0 Å². The fourth-order valence-electron chi connectivity index (χ4n) is 2.47. The monoisotopic (exact) mass is 279 g/mol. The molecule has 1 heterocycles. The van der Waals surface area contributed by atoms with Crippen LogP contribution < -0.4 is 0 Å². The van der Waals surface area contributed by atoms with E-state index < -0.39 is 0 Å². The van der Waals surface area contributed by atoms with E-state index in [9.17, 15) is 0 Å². The third-order valence-corrected chi connectivity index (χ3v) is 3.77. The summed E-state index contributed by atoms with van der Waals surface area (Å²) < 4.78 is 2.19. The fraction of sp³-hybridized carbons (Fsp3) is 0.882. The van der Waals surface area contributed by atoms with E-state index in [4.69, 9.17) is 10.1 Å². The SMILES string of the molecule is CCCCCc1nc(CCCCC)n(CCCCC)n1. The lowest BCUT2D eigenvalue weighted by Gasteiger charge is -2.04. The minimum absolute atomic E-state index is 1.05. The summed E-state index contributed by atoms with van der Waals surface area (Å²) in [5.74, 6) is 2.29. The van der Waals surface area contributed by atoms with Gasteiger partial charge in [-0.1, -0.05) is 59.3 Å². The van der Waals surface area contributed by atoms with E-state index in [1.165, 1.54) is 63.6 Å². The van der Waals surface area contributed by atoms with Gasteiger partial charge in [-0.15, -0.1) is 0 Å². The highest BCUT2D eigenvalue weighted by Gasteiger charge is 2.09. The summed E-state index contributed by atoms with van der Waals surface area (Å²) in [6.07, 6.45) is 13.5. The third-order valence-electron chi connectivity index (χ3n) is 3.77. The number of unbranched alkanes of at least 4 members (excludes halogenated alkanes) is 6. The zero-order valence-corrected chi connectivity index (χ0v) is 13.8. The van der Waals surface area contributed by atoms with Crippen LogP contribution in [0.4, 0.5) is 0 Å². The summed E-state index contributed by atoms with van der Waals surface area (Å²) in [6.45, 7) is 7.80. The molecule has 0 aliphatic rings. The first-order valence-electron chi connectivity index (χ1n) is 8.74. The van der Waals surface area contributed by atoms with E-state index in [-0.39, 0.29) is 0 Å². The molecular formula is C17H33N3. The van der Waals surface area contributed by atoms with E-state index in [0.717, 1.165) is 25.2 Å². The van der Waals surface area contributed by atoms with Gasteiger partial charge in [0.15, 0.2) is 5.82 Å². The molecular weight excluding hydrogens is 246 g/mol. The van der Waals surface area contributed by atoms with Gasteiger partial charge in [0, 0.05) is 19.4 Å². The van der Waals surface area contributed by atoms with Crippen molar-refractivity contribution in [3.05, 3.63) is 11.6 Å². The van der Waals surface area contributed by atoms with Gasteiger partial charge < -0.3 is 0 Å². The summed E-state index contributed by atoms with van der Waals surface area (Å²) in [5, 5.41) is 4.74. The van der Waals surface area contributed by atoms with Crippen LogP contribution in [0.5, 0.6) is 0 Å². The molecule has 0 unspecified atom stereocenters. The Morgan fingerprint density at radius 3 is 2.00 bits per heavy atom. The van der Waals surface area contributed by atoms with Crippen molar-refractivity contribution in [3.8, 4) is 0 Å². The van der Waals surface area contributed by atoms with Crippen molar-refractivity contribution in [1.82, 2.24) is 14.8 Å². The zero-order valence-electron chi connectivity index (χ0n) is 13.8. The smallest absolute Gasteiger partial charge is 0.150 e. The summed E-state index contributed by atoms with van der Waals surface area (Å²) in [7, 11) is 0. The minimum atomic E-state index is 1.05. The zero-order chi connectivity index (χ0) is 14.6. The molecule has 1 rings (SSSR count). The first-order valence-corrected chi connectivity index (χ1v) is 8.74. The fourth-order valence-corrected chi connectivity index (χ4v) is 2.47. The molecule has 0 bridgehead atoms. The van der Waals surface area contributed by atoms with Gasteiger partial charge in [-0.3, -0.25) is 0 Å². The molecule has 0 aliphatic heterocycles. The lowest BCUT2D eigenvalue weighted by Crippen LogP contribution is -2.06. The third kappa shape index (κ3) is 6.53. The predicted octanol–water partition coefficient (Wildman–Crippen LogP) is 4.93. The van der Waals surface area contributed by atoms with Crippen molar-refractivity contribution in [2.75, 3.05) is 0 Å². The molecule has 0 saturated heterocycles. The second kappa shape index (κ2) is 10.9. The van der Waals surface area contributed by atoms with Crippen LogP contribution in [-0.2, 0) is 19.4 Å². The molecule has 20 heavy (non-hydrogen) atoms. The number of aryl methyl sites for hydroxylation is 3. The molecule has 0 spiro atoms. The molecule has 1 aromatic heterocycles. The average Bonchev–Trinajstić information content (AvgIpc) is 2.82. The van der Waals surface area contributed by atoms with Crippen LogP contribution in [0.2, 0.25) is 0 Å². The Morgan fingerprint density at radius 2 is 1.35 bits per heavy atom. The lowest BCUT2D eigenvalue weighted by atomic mass is 10.2. The molecule has 0 fully saturated rings. The number of rotatable bonds is 12. The summed E-state index contributed by atoms with van der Waals surface area (Å²) in [5.41, 5.74) is 0. The van der Waals surface area contributed by atoms with Gasteiger partial charge in [-0.2, -0.15) is 5.10 Å². The van der Waals surface area contributed by atoms with Gasteiger partial charge in [0.1, 0.15) is 5.82 Å². The van der Waals surface area contributed by atoms with Crippen LogP contribution >= 0.6 is 0 Å². The molecule has 0 radical (unpaired) electrons. The molecule has 1 aromatic rings. The summed E-state index contributed by atoms with van der Waals surface area (Å²) in [6, 6.07) is 0. The van der Waals surface area contributed by atoms with Gasteiger partial charge in [0.2, 0.25) is 0 Å².